The minimum atomic E-state index is -3.32. The van der Waals surface area contributed by atoms with E-state index in [9.17, 15) is 13.2 Å². The fraction of sp³-hybridized carbons (Fsp3) is 0.500. The third-order valence-corrected chi connectivity index (χ3v) is 6.83. The van der Waals surface area contributed by atoms with Crippen molar-refractivity contribution >= 4 is 21.7 Å². The zero-order valence-electron chi connectivity index (χ0n) is 13.3. The van der Waals surface area contributed by atoms with E-state index in [1.165, 1.54) is 4.90 Å². The van der Waals surface area contributed by atoms with Crippen molar-refractivity contribution < 1.29 is 13.2 Å². The molecule has 2 aliphatic rings. The van der Waals surface area contributed by atoms with Crippen molar-refractivity contribution in [3.8, 4) is 6.07 Å². The predicted octanol–water partition coefficient (Wildman–Crippen LogP) is 1.59. The molecular weight excluding hydrogens is 328 g/mol. The van der Waals surface area contributed by atoms with Crippen LogP contribution in [0.1, 0.15) is 24.8 Å². The monoisotopic (exact) mass is 348 g/mol. The molecule has 1 N–H and O–H groups in total. The topological polar surface area (TPSA) is 93.5 Å². The number of likely N-dealkylation sites (tertiary alicyclic amines) is 1. The Morgan fingerprint density at radius 1 is 1.25 bits per heavy atom. The zero-order chi connectivity index (χ0) is 17.2. The number of amides is 2. The smallest absolute Gasteiger partial charge is 0.321 e. The molecule has 1 aromatic rings. The third kappa shape index (κ3) is 3.37. The summed E-state index contributed by atoms with van der Waals surface area (Å²) in [6.45, 7) is 1.81. The summed E-state index contributed by atoms with van der Waals surface area (Å²) in [5, 5.41) is 11.1. The van der Waals surface area contributed by atoms with Crippen molar-refractivity contribution in [2.45, 2.75) is 24.5 Å². The summed E-state index contributed by atoms with van der Waals surface area (Å²) in [7, 11) is -3.32. The lowest BCUT2D eigenvalue weighted by molar-refractivity contribution is 0.222. The van der Waals surface area contributed by atoms with Crippen molar-refractivity contribution in [2.75, 3.05) is 31.5 Å². The molecule has 128 valence electrons. The van der Waals surface area contributed by atoms with Gasteiger partial charge < -0.3 is 10.2 Å². The molecule has 2 heterocycles. The average molecular weight is 348 g/mol. The molecule has 0 aromatic heterocycles. The Bertz CT molecular complexity index is 766. The van der Waals surface area contributed by atoms with Gasteiger partial charge in [0, 0.05) is 31.9 Å². The van der Waals surface area contributed by atoms with Crippen LogP contribution in [-0.4, -0.2) is 55.1 Å². The highest BCUT2D eigenvalue weighted by Crippen LogP contribution is 2.24. The van der Waals surface area contributed by atoms with E-state index in [1.54, 1.807) is 28.6 Å². The summed E-state index contributed by atoms with van der Waals surface area (Å²) >= 11 is 0. The minimum Gasteiger partial charge on any atom is -0.323 e. The number of anilines is 1. The quantitative estimate of drug-likeness (QED) is 0.897. The number of benzene rings is 1. The summed E-state index contributed by atoms with van der Waals surface area (Å²) in [4.78, 5) is 13.9. The van der Waals surface area contributed by atoms with Crippen molar-refractivity contribution in [2.24, 2.45) is 0 Å². The van der Waals surface area contributed by atoms with Gasteiger partial charge in [0.15, 0.2) is 0 Å². The maximum Gasteiger partial charge on any atom is 0.321 e. The zero-order valence-corrected chi connectivity index (χ0v) is 14.1. The molecule has 2 aliphatic heterocycles. The van der Waals surface area contributed by atoms with Gasteiger partial charge in [0.25, 0.3) is 0 Å². The second kappa shape index (κ2) is 6.79. The van der Waals surface area contributed by atoms with Gasteiger partial charge in [-0.25, -0.2) is 17.5 Å². The molecule has 2 fully saturated rings. The van der Waals surface area contributed by atoms with E-state index in [0.717, 1.165) is 12.8 Å². The van der Waals surface area contributed by atoms with Crippen LogP contribution in [0.3, 0.4) is 0 Å². The number of nitrogens with zero attached hydrogens (tertiary/aromatic N) is 3. The van der Waals surface area contributed by atoms with Crippen molar-refractivity contribution in [3.05, 3.63) is 29.8 Å². The highest BCUT2D eigenvalue weighted by Gasteiger charge is 2.39. The molecule has 2 amide bonds. The molecule has 0 aliphatic carbocycles. The first-order chi connectivity index (χ1) is 11.5. The number of nitriles is 1. The molecule has 3 rings (SSSR count). The van der Waals surface area contributed by atoms with E-state index in [4.69, 9.17) is 5.26 Å². The highest BCUT2D eigenvalue weighted by atomic mass is 32.2. The number of rotatable bonds is 3. The molecule has 1 aromatic carbocycles. The van der Waals surface area contributed by atoms with Gasteiger partial charge in [-0.3, -0.25) is 0 Å². The van der Waals surface area contributed by atoms with Gasteiger partial charge in [0.2, 0.25) is 10.0 Å². The normalized spacial score (nSPS) is 21.6. The molecule has 1 atom stereocenters. The summed E-state index contributed by atoms with van der Waals surface area (Å²) in [5.41, 5.74) is 0.994. The number of nitrogens with one attached hydrogen (secondary N) is 1. The van der Waals surface area contributed by atoms with Crippen LogP contribution < -0.4 is 5.32 Å². The number of carbonyl (C=O) groups is 1. The van der Waals surface area contributed by atoms with E-state index in [-0.39, 0.29) is 12.6 Å². The summed E-state index contributed by atoms with van der Waals surface area (Å²) in [6, 6.07) is 8.33. The van der Waals surface area contributed by atoms with Gasteiger partial charge in [-0.15, -0.1) is 0 Å². The first-order valence-electron chi connectivity index (χ1n) is 8.06. The molecule has 7 nitrogen and oxygen atoms in total. The first-order valence-corrected chi connectivity index (χ1v) is 9.56. The molecule has 0 spiro atoms. The predicted molar refractivity (Wildman–Crippen MR) is 89.9 cm³/mol. The molecule has 0 unspecified atom stereocenters. The fourth-order valence-corrected chi connectivity index (χ4v) is 5.14. The Labute approximate surface area is 141 Å². The second-order valence-electron chi connectivity index (χ2n) is 6.13. The van der Waals surface area contributed by atoms with E-state index in [0.29, 0.717) is 37.3 Å². The highest BCUT2D eigenvalue weighted by molar-refractivity contribution is 7.89. The minimum absolute atomic E-state index is 0.211. The van der Waals surface area contributed by atoms with Crippen LogP contribution in [-0.2, 0) is 10.0 Å². The fourth-order valence-electron chi connectivity index (χ4n) is 3.18. The third-order valence-electron chi connectivity index (χ3n) is 4.52. The Balaban J connectivity index is 1.62. The van der Waals surface area contributed by atoms with Crippen LogP contribution in [0.25, 0.3) is 0 Å². The van der Waals surface area contributed by atoms with Crippen molar-refractivity contribution in [1.29, 1.82) is 5.26 Å². The van der Waals surface area contributed by atoms with Crippen LogP contribution in [0.15, 0.2) is 24.3 Å². The van der Waals surface area contributed by atoms with Gasteiger partial charge in [-0.05, 0) is 37.5 Å². The second-order valence-corrected chi connectivity index (χ2v) is 8.34. The summed E-state index contributed by atoms with van der Waals surface area (Å²) in [5.74, 6) is 0. The summed E-state index contributed by atoms with van der Waals surface area (Å²) in [6.07, 6.45) is 2.28. The standard InChI is InChI=1S/C16H20N4O3S/c17-11-13-4-3-5-14(10-13)18-16(21)19-9-6-15(12-19)24(22,23)20-7-1-2-8-20/h3-5,10,15H,1-2,6-9,12H2,(H,18,21)/t15-/m0/s1. The van der Waals surface area contributed by atoms with Crippen molar-refractivity contribution in [1.82, 2.24) is 9.21 Å². The Morgan fingerprint density at radius 3 is 2.71 bits per heavy atom. The van der Waals surface area contributed by atoms with Crippen LogP contribution >= 0.6 is 0 Å². The largest absolute Gasteiger partial charge is 0.323 e. The van der Waals surface area contributed by atoms with E-state index >= 15 is 0 Å². The lowest BCUT2D eigenvalue weighted by atomic mass is 10.2. The number of hydrogen-bond acceptors (Lipinski definition) is 4. The Kier molecular flexibility index (Phi) is 4.73. The maximum absolute atomic E-state index is 12.6. The lowest BCUT2D eigenvalue weighted by Crippen LogP contribution is -2.40. The van der Waals surface area contributed by atoms with Crippen molar-refractivity contribution in [3.63, 3.8) is 0 Å². The maximum atomic E-state index is 12.6. The molecule has 8 heteroatoms. The van der Waals surface area contributed by atoms with Gasteiger partial charge in [-0.1, -0.05) is 6.07 Å². The molecule has 24 heavy (non-hydrogen) atoms. The van der Waals surface area contributed by atoms with E-state index < -0.39 is 15.3 Å². The SMILES string of the molecule is N#Cc1cccc(NC(=O)N2CC[C@H](S(=O)(=O)N3CCCC3)C2)c1. The van der Waals surface area contributed by atoms with Crippen LogP contribution in [0.4, 0.5) is 10.5 Å². The Hall–Kier alpha value is -2.11. The number of hydrogen-bond donors (Lipinski definition) is 1. The van der Waals surface area contributed by atoms with Crippen LogP contribution in [0.2, 0.25) is 0 Å². The Morgan fingerprint density at radius 2 is 2.00 bits per heavy atom. The average Bonchev–Trinajstić information content (AvgIpc) is 3.27. The number of carbonyl (C=O) groups excluding carboxylic acids is 1. The molecule has 0 bridgehead atoms. The molecular formula is C16H20N4O3S. The van der Waals surface area contributed by atoms with E-state index in [2.05, 4.69) is 5.32 Å². The lowest BCUT2D eigenvalue weighted by Gasteiger charge is -2.21. The van der Waals surface area contributed by atoms with Crippen LogP contribution in [0.5, 0.6) is 0 Å². The van der Waals surface area contributed by atoms with Crippen LogP contribution in [0, 0.1) is 11.3 Å². The molecule has 2 saturated heterocycles. The van der Waals surface area contributed by atoms with Gasteiger partial charge >= 0.3 is 6.03 Å². The molecule has 0 radical (unpaired) electrons. The number of urea groups is 1. The molecule has 0 saturated carbocycles. The van der Waals surface area contributed by atoms with E-state index in [1.807, 2.05) is 6.07 Å². The van der Waals surface area contributed by atoms with Gasteiger partial charge in [-0.2, -0.15) is 5.26 Å². The number of sulfonamides is 1. The van der Waals surface area contributed by atoms with Gasteiger partial charge in [0.05, 0.1) is 16.9 Å². The van der Waals surface area contributed by atoms with Gasteiger partial charge in [0.1, 0.15) is 0 Å². The summed E-state index contributed by atoms with van der Waals surface area (Å²) < 4.78 is 26.7. The first kappa shape index (κ1) is 16.7.